The van der Waals surface area contributed by atoms with Gasteiger partial charge in [-0.15, -0.1) is 0 Å². The van der Waals surface area contributed by atoms with Crippen LogP contribution < -0.4 is 4.74 Å². The number of hydrogen-bond donors (Lipinski definition) is 0. The second kappa shape index (κ2) is 4.56. The molecule has 0 N–H and O–H groups in total. The third-order valence-corrected chi connectivity index (χ3v) is 1.88. The topological polar surface area (TPSA) is 78.7 Å². The van der Waals surface area contributed by atoms with Crippen LogP contribution in [0, 0.1) is 15.9 Å². The van der Waals surface area contributed by atoms with Crippen molar-refractivity contribution in [2.75, 3.05) is 14.2 Å². The molecule has 1 aromatic carbocycles. The predicted octanol–water partition coefficient (Wildman–Crippen LogP) is 1.53. The van der Waals surface area contributed by atoms with E-state index in [-0.39, 0.29) is 0 Å². The standard InChI is InChI=1S/C9H8FNO5/c1-15-8-6(11(13)14)4-3-5(10)7(8)9(12)16-2/h3-4H,1-2H3. The smallest absolute Gasteiger partial charge is 0.344 e. The molecule has 1 rings (SSSR count). The zero-order valence-electron chi connectivity index (χ0n) is 8.52. The summed E-state index contributed by atoms with van der Waals surface area (Å²) in [5.41, 5.74) is -1.08. The maximum absolute atomic E-state index is 13.3. The second-order valence-electron chi connectivity index (χ2n) is 2.72. The van der Waals surface area contributed by atoms with Crippen molar-refractivity contribution in [1.29, 1.82) is 0 Å². The van der Waals surface area contributed by atoms with Gasteiger partial charge in [-0.25, -0.2) is 9.18 Å². The summed E-state index contributed by atoms with van der Waals surface area (Å²) in [5.74, 6) is -2.41. The van der Waals surface area contributed by atoms with E-state index in [4.69, 9.17) is 0 Å². The zero-order chi connectivity index (χ0) is 12.3. The summed E-state index contributed by atoms with van der Waals surface area (Å²) in [7, 11) is 2.15. The molecule has 0 radical (unpaired) electrons. The fourth-order valence-electron chi connectivity index (χ4n) is 1.19. The monoisotopic (exact) mass is 229 g/mol. The van der Waals surface area contributed by atoms with E-state index in [2.05, 4.69) is 9.47 Å². The van der Waals surface area contributed by atoms with Crippen LogP contribution in [0.3, 0.4) is 0 Å². The molecule has 0 spiro atoms. The van der Waals surface area contributed by atoms with Crippen LogP contribution in [0.2, 0.25) is 0 Å². The van der Waals surface area contributed by atoms with Crippen LogP contribution in [0.4, 0.5) is 10.1 Å². The molecule has 16 heavy (non-hydrogen) atoms. The van der Waals surface area contributed by atoms with E-state index in [1.807, 2.05) is 0 Å². The lowest BCUT2D eigenvalue weighted by atomic mass is 10.1. The Morgan fingerprint density at radius 1 is 1.44 bits per heavy atom. The first kappa shape index (κ1) is 11.9. The normalized spacial score (nSPS) is 9.69. The summed E-state index contributed by atoms with van der Waals surface area (Å²) in [5, 5.41) is 10.6. The number of halogens is 1. The zero-order valence-corrected chi connectivity index (χ0v) is 8.52. The molecule has 1 aromatic rings. The molecule has 0 saturated heterocycles. The molecule has 0 heterocycles. The Morgan fingerprint density at radius 3 is 2.50 bits per heavy atom. The molecule has 0 amide bonds. The molecular weight excluding hydrogens is 221 g/mol. The van der Waals surface area contributed by atoms with E-state index < -0.39 is 33.7 Å². The van der Waals surface area contributed by atoms with Gasteiger partial charge in [0, 0.05) is 6.07 Å². The van der Waals surface area contributed by atoms with Gasteiger partial charge in [-0.05, 0) is 6.07 Å². The van der Waals surface area contributed by atoms with E-state index in [9.17, 15) is 19.3 Å². The van der Waals surface area contributed by atoms with Gasteiger partial charge in [-0.3, -0.25) is 10.1 Å². The Hall–Kier alpha value is -2.18. The van der Waals surface area contributed by atoms with Crippen LogP contribution in [0.5, 0.6) is 5.75 Å². The van der Waals surface area contributed by atoms with Crippen LogP contribution in [0.1, 0.15) is 10.4 Å². The quantitative estimate of drug-likeness (QED) is 0.446. The van der Waals surface area contributed by atoms with E-state index in [1.54, 1.807) is 0 Å². The van der Waals surface area contributed by atoms with E-state index >= 15 is 0 Å². The SMILES string of the molecule is COC(=O)c1c(F)ccc([N+](=O)[O-])c1OC. The summed E-state index contributed by atoms with van der Waals surface area (Å²) in [6.07, 6.45) is 0. The number of nitro benzene ring substituents is 1. The van der Waals surface area contributed by atoms with E-state index in [0.29, 0.717) is 0 Å². The van der Waals surface area contributed by atoms with E-state index in [0.717, 1.165) is 26.4 Å². The maximum Gasteiger partial charge on any atom is 0.344 e. The number of nitrogens with zero attached hydrogens (tertiary/aromatic N) is 1. The largest absolute Gasteiger partial charge is 0.489 e. The first-order chi connectivity index (χ1) is 7.52. The third kappa shape index (κ3) is 1.92. The Balaban J connectivity index is 3.50. The highest BCUT2D eigenvalue weighted by Gasteiger charge is 2.27. The molecule has 86 valence electrons. The molecule has 0 atom stereocenters. The van der Waals surface area contributed by atoms with Gasteiger partial charge < -0.3 is 9.47 Å². The molecule has 0 aliphatic carbocycles. The molecule has 0 bridgehead atoms. The van der Waals surface area contributed by atoms with Gasteiger partial charge in [-0.2, -0.15) is 0 Å². The van der Waals surface area contributed by atoms with Gasteiger partial charge in [0.2, 0.25) is 5.75 Å². The summed E-state index contributed by atoms with van der Waals surface area (Å²) in [6.45, 7) is 0. The van der Waals surface area contributed by atoms with Crippen LogP contribution in [0.15, 0.2) is 12.1 Å². The van der Waals surface area contributed by atoms with Gasteiger partial charge in [-0.1, -0.05) is 0 Å². The highest BCUT2D eigenvalue weighted by molar-refractivity contribution is 5.94. The van der Waals surface area contributed by atoms with Crippen molar-refractivity contribution in [3.63, 3.8) is 0 Å². The minimum absolute atomic E-state index is 0.447. The van der Waals surface area contributed by atoms with Crippen LogP contribution in [0.25, 0.3) is 0 Å². The van der Waals surface area contributed by atoms with Crippen molar-refractivity contribution >= 4 is 11.7 Å². The number of carbonyl (C=O) groups is 1. The second-order valence-corrected chi connectivity index (χ2v) is 2.72. The predicted molar refractivity (Wildman–Crippen MR) is 50.9 cm³/mol. The van der Waals surface area contributed by atoms with Gasteiger partial charge in [0.1, 0.15) is 11.4 Å². The number of esters is 1. The highest BCUT2D eigenvalue weighted by atomic mass is 19.1. The summed E-state index contributed by atoms with van der Waals surface area (Å²) in [6, 6.07) is 1.73. The van der Waals surface area contributed by atoms with E-state index in [1.165, 1.54) is 0 Å². The highest BCUT2D eigenvalue weighted by Crippen LogP contribution is 2.32. The minimum Gasteiger partial charge on any atom is -0.489 e. The molecule has 0 aromatic heterocycles. The van der Waals surface area contributed by atoms with Gasteiger partial charge >= 0.3 is 11.7 Å². The lowest BCUT2D eigenvalue weighted by Crippen LogP contribution is -2.09. The minimum atomic E-state index is -1.03. The number of methoxy groups -OCH3 is 2. The van der Waals surface area contributed by atoms with Crippen molar-refractivity contribution in [1.82, 2.24) is 0 Å². The number of rotatable bonds is 3. The average Bonchev–Trinajstić information content (AvgIpc) is 2.26. The number of ether oxygens (including phenoxy) is 2. The van der Waals surface area contributed by atoms with Crippen LogP contribution in [-0.2, 0) is 4.74 Å². The maximum atomic E-state index is 13.3. The Labute approximate surface area is 89.7 Å². The van der Waals surface area contributed by atoms with Crippen molar-refractivity contribution in [3.8, 4) is 5.75 Å². The van der Waals surface area contributed by atoms with Gasteiger partial charge in [0.15, 0.2) is 0 Å². The lowest BCUT2D eigenvalue weighted by Gasteiger charge is -2.07. The average molecular weight is 229 g/mol. The number of benzene rings is 1. The van der Waals surface area contributed by atoms with Crippen molar-refractivity contribution in [3.05, 3.63) is 33.6 Å². The Kier molecular flexibility index (Phi) is 3.39. The summed E-state index contributed by atoms with van der Waals surface area (Å²) >= 11 is 0. The fourth-order valence-corrected chi connectivity index (χ4v) is 1.19. The molecule has 6 nitrogen and oxygen atoms in total. The van der Waals surface area contributed by atoms with Gasteiger partial charge in [0.05, 0.1) is 19.1 Å². The third-order valence-electron chi connectivity index (χ3n) is 1.88. The van der Waals surface area contributed by atoms with Crippen molar-refractivity contribution in [2.45, 2.75) is 0 Å². The molecule has 0 unspecified atom stereocenters. The summed E-state index contributed by atoms with van der Waals surface area (Å²) in [4.78, 5) is 21.1. The molecule has 0 aliphatic rings. The first-order valence-electron chi connectivity index (χ1n) is 4.12. The molecular formula is C9H8FNO5. The number of hydrogen-bond acceptors (Lipinski definition) is 5. The van der Waals surface area contributed by atoms with Crippen LogP contribution >= 0.6 is 0 Å². The summed E-state index contributed by atoms with van der Waals surface area (Å²) < 4.78 is 22.3. The number of carbonyl (C=O) groups excluding carboxylic acids is 1. The Bertz CT molecular complexity index is 446. The Morgan fingerprint density at radius 2 is 2.06 bits per heavy atom. The van der Waals surface area contributed by atoms with Crippen LogP contribution in [-0.4, -0.2) is 25.1 Å². The molecule has 0 fully saturated rings. The molecule has 7 heteroatoms. The van der Waals surface area contributed by atoms with Crippen molar-refractivity contribution < 1.29 is 23.6 Å². The lowest BCUT2D eigenvalue weighted by molar-refractivity contribution is -0.385. The fraction of sp³-hybridized carbons (Fsp3) is 0.222. The number of nitro groups is 1. The first-order valence-corrected chi connectivity index (χ1v) is 4.12. The van der Waals surface area contributed by atoms with Crippen molar-refractivity contribution in [2.24, 2.45) is 0 Å². The molecule has 0 saturated carbocycles. The molecule has 0 aliphatic heterocycles. The van der Waals surface area contributed by atoms with Gasteiger partial charge in [0.25, 0.3) is 0 Å².